The predicted octanol–water partition coefficient (Wildman–Crippen LogP) is 3.74. The monoisotopic (exact) mass is 389 g/mol. The molecule has 0 spiro atoms. The highest BCUT2D eigenvalue weighted by molar-refractivity contribution is 9.10. The van der Waals surface area contributed by atoms with Gasteiger partial charge in [0.25, 0.3) is 0 Å². The fraction of sp³-hybridized carbons (Fsp3) is 0.444. The molecule has 6 heteroatoms. The van der Waals surface area contributed by atoms with Crippen molar-refractivity contribution in [1.82, 2.24) is 14.9 Å². The highest BCUT2D eigenvalue weighted by Gasteiger charge is 2.18. The van der Waals surface area contributed by atoms with Gasteiger partial charge in [-0.3, -0.25) is 0 Å². The molecule has 1 aliphatic rings. The SMILES string of the molecule is CCN1CCN(c2nc(C)cc(Nc3ccc(Br)c(C)c3)n2)CC1. The van der Waals surface area contributed by atoms with Crippen LogP contribution in [-0.4, -0.2) is 47.6 Å². The van der Waals surface area contributed by atoms with Crippen LogP contribution in [0.3, 0.4) is 0 Å². The highest BCUT2D eigenvalue weighted by Crippen LogP contribution is 2.23. The van der Waals surface area contributed by atoms with E-state index in [1.807, 2.05) is 19.1 Å². The number of halogens is 1. The lowest BCUT2D eigenvalue weighted by Crippen LogP contribution is -2.46. The molecule has 0 unspecified atom stereocenters. The van der Waals surface area contributed by atoms with Crippen molar-refractivity contribution < 1.29 is 0 Å². The first kappa shape index (κ1) is 17.2. The normalized spacial score (nSPS) is 15.6. The number of anilines is 3. The van der Waals surface area contributed by atoms with Crippen molar-refractivity contribution in [2.45, 2.75) is 20.8 Å². The van der Waals surface area contributed by atoms with Crippen LogP contribution in [-0.2, 0) is 0 Å². The van der Waals surface area contributed by atoms with Gasteiger partial charge in [-0.15, -0.1) is 0 Å². The molecule has 1 aliphatic heterocycles. The Balaban J connectivity index is 1.77. The Hall–Kier alpha value is -1.66. The Morgan fingerprint density at radius 2 is 1.83 bits per heavy atom. The van der Waals surface area contributed by atoms with E-state index >= 15 is 0 Å². The van der Waals surface area contributed by atoms with Gasteiger partial charge in [-0.25, -0.2) is 4.98 Å². The van der Waals surface area contributed by atoms with Gasteiger partial charge in [0.05, 0.1) is 0 Å². The Morgan fingerprint density at radius 3 is 2.50 bits per heavy atom. The zero-order valence-electron chi connectivity index (χ0n) is 14.5. The molecule has 1 aromatic heterocycles. The molecule has 0 atom stereocenters. The van der Waals surface area contributed by atoms with Crippen LogP contribution < -0.4 is 10.2 Å². The maximum Gasteiger partial charge on any atom is 0.227 e. The van der Waals surface area contributed by atoms with Crippen LogP contribution in [0.2, 0.25) is 0 Å². The van der Waals surface area contributed by atoms with E-state index < -0.39 is 0 Å². The number of nitrogens with one attached hydrogen (secondary N) is 1. The second kappa shape index (κ2) is 7.49. The van der Waals surface area contributed by atoms with Gasteiger partial charge in [-0.1, -0.05) is 22.9 Å². The Bertz CT molecular complexity index is 711. The smallest absolute Gasteiger partial charge is 0.227 e. The third kappa shape index (κ3) is 4.05. The van der Waals surface area contributed by atoms with E-state index in [0.29, 0.717) is 0 Å². The molecule has 0 aliphatic carbocycles. The molecule has 2 heterocycles. The summed E-state index contributed by atoms with van der Waals surface area (Å²) in [5.41, 5.74) is 3.21. The Morgan fingerprint density at radius 1 is 1.08 bits per heavy atom. The standard InChI is InChI=1S/C18H24BrN5/c1-4-23-7-9-24(10-8-23)18-20-14(3)12-17(22-18)21-15-5-6-16(19)13(2)11-15/h5-6,11-12H,4,7-10H2,1-3H3,(H,20,21,22). The van der Waals surface area contributed by atoms with Gasteiger partial charge in [0.15, 0.2) is 0 Å². The van der Waals surface area contributed by atoms with Crippen LogP contribution in [0, 0.1) is 13.8 Å². The number of aryl methyl sites for hydroxylation is 2. The summed E-state index contributed by atoms with van der Waals surface area (Å²) in [7, 11) is 0. The molecule has 3 rings (SSSR count). The maximum absolute atomic E-state index is 4.73. The van der Waals surface area contributed by atoms with Gasteiger partial charge >= 0.3 is 0 Å². The first-order valence-electron chi connectivity index (χ1n) is 8.41. The highest BCUT2D eigenvalue weighted by atomic mass is 79.9. The van der Waals surface area contributed by atoms with Gasteiger partial charge in [-0.05, 0) is 44.2 Å². The van der Waals surface area contributed by atoms with E-state index in [-0.39, 0.29) is 0 Å². The van der Waals surface area contributed by atoms with Gasteiger partial charge < -0.3 is 15.1 Å². The minimum absolute atomic E-state index is 0.821. The first-order valence-corrected chi connectivity index (χ1v) is 9.20. The van der Waals surface area contributed by atoms with Crippen LogP contribution in [0.5, 0.6) is 0 Å². The second-order valence-electron chi connectivity index (χ2n) is 6.20. The van der Waals surface area contributed by atoms with Crippen molar-refractivity contribution in [2.24, 2.45) is 0 Å². The summed E-state index contributed by atoms with van der Waals surface area (Å²) >= 11 is 3.54. The molecule has 0 radical (unpaired) electrons. The number of hydrogen-bond donors (Lipinski definition) is 1. The molecule has 0 amide bonds. The molecule has 24 heavy (non-hydrogen) atoms. The summed E-state index contributed by atoms with van der Waals surface area (Å²) in [6, 6.07) is 8.20. The molecular weight excluding hydrogens is 366 g/mol. The summed E-state index contributed by atoms with van der Waals surface area (Å²) in [4.78, 5) is 14.1. The summed E-state index contributed by atoms with van der Waals surface area (Å²) < 4.78 is 1.11. The molecule has 128 valence electrons. The van der Waals surface area contributed by atoms with Gasteiger partial charge in [0, 0.05) is 48.1 Å². The number of hydrogen-bond acceptors (Lipinski definition) is 5. The molecule has 1 aromatic carbocycles. The lowest BCUT2D eigenvalue weighted by Gasteiger charge is -2.34. The first-order chi connectivity index (χ1) is 11.5. The van der Waals surface area contributed by atoms with E-state index in [1.165, 1.54) is 5.56 Å². The molecule has 1 saturated heterocycles. The summed E-state index contributed by atoms with van der Waals surface area (Å²) in [5, 5.41) is 3.40. The maximum atomic E-state index is 4.73. The summed E-state index contributed by atoms with van der Waals surface area (Å²) in [5.74, 6) is 1.67. The van der Waals surface area contributed by atoms with Crippen LogP contribution in [0.1, 0.15) is 18.2 Å². The number of likely N-dealkylation sites (N-methyl/N-ethyl adjacent to an activating group) is 1. The minimum Gasteiger partial charge on any atom is -0.340 e. The van der Waals surface area contributed by atoms with E-state index in [9.17, 15) is 0 Å². The number of nitrogens with zero attached hydrogens (tertiary/aromatic N) is 4. The number of benzene rings is 1. The minimum atomic E-state index is 0.821. The average Bonchev–Trinajstić information content (AvgIpc) is 2.58. The van der Waals surface area contributed by atoms with Crippen molar-refractivity contribution in [1.29, 1.82) is 0 Å². The van der Waals surface area contributed by atoms with Crippen molar-refractivity contribution in [3.8, 4) is 0 Å². The number of aromatic nitrogens is 2. The van der Waals surface area contributed by atoms with Crippen LogP contribution in [0.4, 0.5) is 17.5 Å². The Kier molecular flexibility index (Phi) is 5.36. The third-order valence-electron chi connectivity index (χ3n) is 4.38. The van der Waals surface area contributed by atoms with Crippen molar-refractivity contribution in [3.63, 3.8) is 0 Å². The number of piperazine rings is 1. The lowest BCUT2D eigenvalue weighted by molar-refractivity contribution is 0.270. The number of rotatable bonds is 4. The van der Waals surface area contributed by atoms with E-state index in [2.05, 4.69) is 62.0 Å². The zero-order chi connectivity index (χ0) is 17.1. The van der Waals surface area contributed by atoms with E-state index in [1.54, 1.807) is 0 Å². The third-order valence-corrected chi connectivity index (χ3v) is 5.26. The van der Waals surface area contributed by atoms with Crippen molar-refractivity contribution in [2.75, 3.05) is 42.9 Å². The second-order valence-corrected chi connectivity index (χ2v) is 7.06. The fourth-order valence-corrected chi connectivity index (χ4v) is 3.14. The fourth-order valence-electron chi connectivity index (χ4n) is 2.89. The molecule has 0 bridgehead atoms. The molecule has 1 fully saturated rings. The van der Waals surface area contributed by atoms with Crippen LogP contribution in [0.25, 0.3) is 0 Å². The largest absolute Gasteiger partial charge is 0.340 e. The van der Waals surface area contributed by atoms with Crippen LogP contribution in [0.15, 0.2) is 28.7 Å². The van der Waals surface area contributed by atoms with Crippen LogP contribution >= 0.6 is 15.9 Å². The topological polar surface area (TPSA) is 44.3 Å². The zero-order valence-corrected chi connectivity index (χ0v) is 16.1. The lowest BCUT2D eigenvalue weighted by atomic mass is 10.2. The average molecular weight is 390 g/mol. The summed E-state index contributed by atoms with van der Waals surface area (Å²) in [6.07, 6.45) is 0. The van der Waals surface area contributed by atoms with Crippen molar-refractivity contribution >= 4 is 33.4 Å². The van der Waals surface area contributed by atoms with Crippen molar-refractivity contribution in [3.05, 3.63) is 40.0 Å². The quantitative estimate of drug-likeness (QED) is 0.862. The van der Waals surface area contributed by atoms with Gasteiger partial charge in [0.1, 0.15) is 5.82 Å². The van der Waals surface area contributed by atoms with E-state index in [0.717, 1.165) is 60.3 Å². The van der Waals surface area contributed by atoms with Gasteiger partial charge in [0.2, 0.25) is 5.95 Å². The molecule has 2 aromatic rings. The molecular formula is C18H24BrN5. The van der Waals surface area contributed by atoms with E-state index in [4.69, 9.17) is 4.98 Å². The molecule has 0 saturated carbocycles. The predicted molar refractivity (Wildman–Crippen MR) is 103 cm³/mol. The Labute approximate surface area is 152 Å². The van der Waals surface area contributed by atoms with Gasteiger partial charge in [-0.2, -0.15) is 4.98 Å². The molecule has 5 nitrogen and oxygen atoms in total. The summed E-state index contributed by atoms with van der Waals surface area (Å²) in [6.45, 7) is 11.5. The molecule has 1 N–H and O–H groups in total.